The highest BCUT2D eigenvalue weighted by molar-refractivity contribution is 9.10. The summed E-state index contributed by atoms with van der Waals surface area (Å²) in [7, 11) is 0. The zero-order valence-electron chi connectivity index (χ0n) is 11.2. The summed E-state index contributed by atoms with van der Waals surface area (Å²) in [6.45, 7) is 6.79. The molecule has 0 aliphatic rings. The molecule has 19 heavy (non-hydrogen) atoms. The normalized spacial score (nSPS) is 10.7. The van der Waals surface area contributed by atoms with Crippen molar-refractivity contribution in [2.45, 2.75) is 26.9 Å². The minimum Gasteiger partial charge on any atom is -0.454 e. The first-order chi connectivity index (χ1) is 9.22. The lowest BCUT2D eigenvalue weighted by molar-refractivity contribution is 0.480. The SMILES string of the molecule is CCNCc1ccc(Oc2cnn(CC)c2)cc1Br. The molecule has 2 aromatic rings. The lowest BCUT2D eigenvalue weighted by Gasteiger charge is -2.08. The lowest BCUT2D eigenvalue weighted by Crippen LogP contribution is -2.11. The zero-order valence-corrected chi connectivity index (χ0v) is 12.8. The third-order valence-electron chi connectivity index (χ3n) is 2.76. The van der Waals surface area contributed by atoms with Crippen molar-refractivity contribution in [3.8, 4) is 11.5 Å². The molecule has 4 nitrogen and oxygen atoms in total. The van der Waals surface area contributed by atoms with Crippen LogP contribution in [0.25, 0.3) is 0 Å². The highest BCUT2D eigenvalue weighted by Crippen LogP contribution is 2.26. The highest BCUT2D eigenvalue weighted by atomic mass is 79.9. The summed E-state index contributed by atoms with van der Waals surface area (Å²) >= 11 is 3.57. The van der Waals surface area contributed by atoms with Crippen LogP contribution in [0.5, 0.6) is 11.5 Å². The predicted octanol–water partition coefficient (Wildman–Crippen LogP) is 3.57. The minimum absolute atomic E-state index is 0.758. The van der Waals surface area contributed by atoms with Gasteiger partial charge in [-0.2, -0.15) is 5.10 Å². The van der Waals surface area contributed by atoms with Crippen molar-refractivity contribution < 1.29 is 4.74 Å². The van der Waals surface area contributed by atoms with Gasteiger partial charge in [-0.3, -0.25) is 4.68 Å². The average molecular weight is 324 g/mol. The molecule has 0 saturated heterocycles. The van der Waals surface area contributed by atoms with Crippen molar-refractivity contribution in [3.05, 3.63) is 40.6 Å². The maximum Gasteiger partial charge on any atom is 0.165 e. The minimum atomic E-state index is 0.758. The van der Waals surface area contributed by atoms with Gasteiger partial charge in [0, 0.05) is 17.6 Å². The van der Waals surface area contributed by atoms with Crippen LogP contribution in [0.3, 0.4) is 0 Å². The predicted molar refractivity (Wildman–Crippen MR) is 79.5 cm³/mol. The Morgan fingerprint density at radius 2 is 2.16 bits per heavy atom. The van der Waals surface area contributed by atoms with Gasteiger partial charge < -0.3 is 10.1 Å². The third kappa shape index (κ3) is 3.81. The van der Waals surface area contributed by atoms with E-state index in [4.69, 9.17) is 4.74 Å². The van der Waals surface area contributed by atoms with Gasteiger partial charge in [-0.1, -0.05) is 28.9 Å². The molecule has 0 saturated carbocycles. The summed E-state index contributed by atoms with van der Waals surface area (Å²) in [6.07, 6.45) is 3.62. The van der Waals surface area contributed by atoms with Crippen LogP contribution < -0.4 is 10.1 Å². The molecule has 0 amide bonds. The van der Waals surface area contributed by atoms with Gasteiger partial charge in [0.1, 0.15) is 5.75 Å². The second-order valence-electron chi connectivity index (χ2n) is 4.17. The summed E-state index contributed by atoms with van der Waals surface area (Å²) < 4.78 is 8.65. The number of rotatable bonds is 6. The quantitative estimate of drug-likeness (QED) is 0.883. The Morgan fingerprint density at radius 1 is 1.32 bits per heavy atom. The Morgan fingerprint density at radius 3 is 2.79 bits per heavy atom. The molecule has 0 spiro atoms. The van der Waals surface area contributed by atoms with Gasteiger partial charge in [0.15, 0.2) is 5.75 Å². The topological polar surface area (TPSA) is 39.1 Å². The number of hydrogen-bond acceptors (Lipinski definition) is 3. The first-order valence-electron chi connectivity index (χ1n) is 6.42. The zero-order chi connectivity index (χ0) is 13.7. The van der Waals surface area contributed by atoms with Crippen molar-refractivity contribution in [2.24, 2.45) is 0 Å². The average Bonchev–Trinajstić information content (AvgIpc) is 2.85. The fourth-order valence-electron chi connectivity index (χ4n) is 1.70. The number of halogens is 1. The van der Waals surface area contributed by atoms with Crippen LogP contribution >= 0.6 is 15.9 Å². The van der Waals surface area contributed by atoms with E-state index in [9.17, 15) is 0 Å². The molecule has 0 aliphatic carbocycles. The van der Waals surface area contributed by atoms with E-state index in [0.29, 0.717) is 0 Å². The monoisotopic (exact) mass is 323 g/mol. The van der Waals surface area contributed by atoms with Crippen LogP contribution in [0.15, 0.2) is 35.1 Å². The van der Waals surface area contributed by atoms with Crippen molar-refractivity contribution in [2.75, 3.05) is 6.54 Å². The van der Waals surface area contributed by atoms with Crippen LogP contribution in [0.2, 0.25) is 0 Å². The number of benzene rings is 1. The van der Waals surface area contributed by atoms with Gasteiger partial charge in [0.05, 0.1) is 12.4 Å². The molecule has 1 aromatic heterocycles. The molecule has 0 unspecified atom stereocenters. The number of ether oxygens (including phenoxy) is 1. The molecule has 0 aliphatic heterocycles. The number of aryl methyl sites for hydroxylation is 1. The van der Waals surface area contributed by atoms with Gasteiger partial charge in [0.25, 0.3) is 0 Å². The van der Waals surface area contributed by atoms with E-state index in [2.05, 4.69) is 39.3 Å². The second-order valence-corrected chi connectivity index (χ2v) is 5.02. The molecule has 1 aromatic carbocycles. The number of aromatic nitrogens is 2. The number of nitrogens with zero attached hydrogens (tertiary/aromatic N) is 2. The van der Waals surface area contributed by atoms with Crippen molar-refractivity contribution in [1.29, 1.82) is 0 Å². The van der Waals surface area contributed by atoms with E-state index < -0.39 is 0 Å². The first kappa shape index (κ1) is 14.1. The summed E-state index contributed by atoms with van der Waals surface area (Å²) in [6, 6.07) is 6.02. The molecule has 0 radical (unpaired) electrons. The Labute approximate surface area is 121 Å². The molecule has 0 fully saturated rings. The van der Waals surface area contributed by atoms with E-state index in [1.807, 2.05) is 29.9 Å². The fourth-order valence-corrected chi connectivity index (χ4v) is 2.20. The summed E-state index contributed by atoms with van der Waals surface area (Å²) in [5.41, 5.74) is 1.22. The van der Waals surface area contributed by atoms with E-state index in [-0.39, 0.29) is 0 Å². The van der Waals surface area contributed by atoms with Gasteiger partial charge in [0.2, 0.25) is 0 Å². The van der Waals surface area contributed by atoms with E-state index in [1.165, 1.54) is 5.56 Å². The number of hydrogen-bond donors (Lipinski definition) is 1. The Kier molecular flexibility index (Phi) is 4.99. The maximum absolute atomic E-state index is 5.77. The van der Waals surface area contributed by atoms with Crippen LogP contribution in [0, 0.1) is 0 Å². The van der Waals surface area contributed by atoms with Gasteiger partial charge in [-0.05, 0) is 31.2 Å². The van der Waals surface area contributed by atoms with Crippen LogP contribution in [-0.4, -0.2) is 16.3 Å². The molecule has 0 bridgehead atoms. The van der Waals surface area contributed by atoms with E-state index >= 15 is 0 Å². The highest BCUT2D eigenvalue weighted by Gasteiger charge is 2.04. The van der Waals surface area contributed by atoms with E-state index in [0.717, 1.165) is 35.6 Å². The summed E-state index contributed by atoms with van der Waals surface area (Å²) in [5.74, 6) is 1.57. The van der Waals surface area contributed by atoms with Crippen LogP contribution in [-0.2, 0) is 13.1 Å². The second kappa shape index (κ2) is 6.73. The first-order valence-corrected chi connectivity index (χ1v) is 7.21. The third-order valence-corrected chi connectivity index (χ3v) is 3.50. The van der Waals surface area contributed by atoms with Crippen molar-refractivity contribution in [1.82, 2.24) is 15.1 Å². The fraction of sp³-hybridized carbons (Fsp3) is 0.357. The molecule has 2 rings (SSSR count). The summed E-state index contributed by atoms with van der Waals surface area (Å²) in [4.78, 5) is 0. The van der Waals surface area contributed by atoms with Crippen LogP contribution in [0.4, 0.5) is 0 Å². The van der Waals surface area contributed by atoms with Crippen LogP contribution in [0.1, 0.15) is 19.4 Å². The standard InChI is InChI=1S/C14H18BrN3O/c1-3-16-8-11-5-6-12(7-14(11)15)19-13-9-17-18(4-2)10-13/h5-7,9-10,16H,3-4,8H2,1-2H3. The molecular weight excluding hydrogens is 306 g/mol. The van der Waals surface area contributed by atoms with Gasteiger partial charge in [-0.25, -0.2) is 0 Å². The molecule has 5 heteroatoms. The van der Waals surface area contributed by atoms with Crippen molar-refractivity contribution in [3.63, 3.8) is 0 Å². The lowest BCUT2D eigenvalue weighted by atomic mass is 10.2. The Bertz CT molecular complexity index is 539. The smallest absolute Gasteiger partial charge is 0.165 e. The number of nitrogens with one attached hydrogen (secondary N) is 1. The van der Waals surface area contributed by atoms with E-state index in [1.54, 1.807) is 6.20 Å². The van der Waals surface area contributed by atoms with Crippen molar-refractivity contribution >= 4 is 15.9 Å². The molecule has 1 N–H and O–H groups in total. The Hall–Kier alpha value is -1.33. The van der Waals surface area contributed by atoms with Gasteiger partial charge in [-0.15, -0.1) is 0 Å². The maximum atomic E-state index is 5.77. The molecule has 102 valence electrons. The molecule has 0 atom stereocenters. The van der Waals surface area contributed by atoms with Gasteiger partial charge >= 0.3 is 0 Å². The Balaban J connectivity index is 2.06. The molecule has 1 heterocycles. The summed E-state index contributed by atoms with van der Waals surface area (Å²) in [5, 5.41) is 7.48. The molecular formula is C14H18BrN3O. The largest absolute Gasteiger partial charge is 0.454 e.